The van der Waals surface area contributed by atoms with Crippen LogP contribution >= 0.6 is 0 Å². The summed E-state index contributed by atoms with van der Waals surface area (Å²) in [5, 5.41) is 9.20. The van der Waals surface area contributed by atoms with Gasteiger partial charge in [0.2, 0.25) is 0 Å². The molecule has 0 aromatic heterocycles. The van der Waals surface area contributed by atoms with Crippen molar-refractivity contribution in [2.75, 3.05) is 7.11 Å². The molecule has 1 aliphatic carbocycles. The highest BCUT2D eigenvalue weighted by molar-refractivity contribution is 5.75. The lowest BCUT2D eigenvalue weighted by atomic mass is 9.99. The Kier molecular flexibility index (Phi) is 3.05. The maximum Gasteiger partial charge on any atom is 0.322 e. The van der Waals surface area contributed by atoms with Crippen molar-refractivity contribution in [1.29, 1.82) is 0 Å². The molecule has 12 heavy (non-hydrogen) atoms. The molecule has 0 heterocycles. The Balaban J connectivity index is 2.42. The maximum absolute atomic E-state index is 11.0. The minimum atomic E-state index is -0.563. The first-order chi connectivity index (χ1) is 5.65. The number of rotatable bonds is 2. The molecule has 0 aliphatic heterocycles. The van der Waals surface area contributed by atoms with E-state index in [2.05, 4.69) is 4.74 Å². The van der Waals surface area contributed by atoms with Gasteiger partial charge in [-0.1, -0.05) is 0 Å². The number of hydrogen-bond donors (Lipinski definition) is 2. The molecular weight excluding hydrogens is 158 g/mol. The summed E-state index contributed by atoms with van der Waals surface area (Å²) in [5.74, 6) is -0.290. The summed E-state index contributed by atoms with van der Waals surface area (Å²) in [4.78, 5) is 11.0. The standard InChI is InChI=1S/C8H15NO3/c1-12-8(11)7(9)5-2-3-6(10)4-5/h5-7,10H,2-4,9H2,1H3. The predicted octanol–water partition coefficient (Wildman–Crippen LogP) is -0.352. The van der Waals surface area contributed by atoms with Crippen LogP contribution in [-0.2, 0) is 9.53 Å². The molecule has 3 N–H and O–H groups in total. The molecule has 4 nitrogen and oxygen atoms in total. The van der Waals surface area contributed by atoms with Crippen LogP contribution in [-0.4, -0.2) is 30.3 Å². The van der Waals surface area contributed by atoms with Crippen molar-refractivity contribution in [2.24, 2.45) is 11.7 Å². The van der Waals surface area contributed by atoms with Crippen LogP contribution in [0.25, 0.3) is 0 Å². The largest absolute Gasteiger partial charge is 0.468 e. The summed E-state index contributed by atoms with van der Waals surface area (Å²) in [5.41, 5.74) is 5.61. The number of carbonyl (C=O) groups is 1. The van der Waals surface area contributed by atoms with Crippen molar-refractivity contribution >= 4 is 5.97 Å². The summed E-state index contributed by atoms with van der Waals surface area (Å²) < 4.78 is 4.51. The molecule has 70 valence electrons. The molecule has 1 fully saturated rings. The van der Waals surface area contributed by atoms with Crippen molar-refractivity contribution in [1.82, 2.24) is 0 Å². The lowest BCUT2D eigenvalue weighted by Crippen LogP contribution is -2.38. The van der Waals surface area contributed by atoms with E-state index < -0.39 is 6.04 Å². The highest BCUT2D eigenvalue weighted by Crippen LogP contribution is 2.27. The fourth-order valence-electron chi connectivity index (χ4n) is 1.65. The first kappa shape index (κ1) is 9.48. The number of ether oxygens (including phenoxy) is 1. The average Bonchev–Trinajstić information content (AvgIpc) is 2.49. The lowest BCUT2D eigenvalue weighted by molar-refractivity contribution is -0.143. The first-order valence-electron chi connectivity index (χ1n) is 4.16. The van der Waals surface area contributed by atoms with Gasteiger partial charge in [-0.3, -0.25) is 4.79 Å². The Bertz CT molecular complexity index is 172. The van der Waals surface area contributed by atoms with Crippen LogP contribution in [0.3, 0.4) is 0 Å². The SMILES string of the molecule is COC(=O)C(N)C1CCC(O)C1. The second-order valence-electron chi connectivity index (χ2n) is 3.28. The van der Waals surface area contributed by atoms with Crippen molar-refractivity contribution in [3.63, 3.8) is 0 Å². The van der Waals surface area contributed by atoms with E-state index in [9.17, 15) is 9.90 Å². The van der Waals surface area contributed by atoms with Gasteiger partial charge in [0, 0.05) is 0 Å². The van der Waals surface area contributed by atoms with E-state index in [-0.39, 0.29) is 18.0 Å². The normalized spacial score (nSPS) is 31.6. The molecule has 0 bridgehead atoms. The Hall–Kier alpha value is -0.610. The van der Waals surface area contributed by atoms with Gasteiger partial charge in [0.15, 0.2) is 0 Å². The average molecular weight is 173 g/mol. The zero-order chi connectivity index (χ0) is 9.14. The third kappa shape index (κ3) is 1.95. The number of aliphatic hydroxyl groups excluding tert-OH is 1. The van der Waals surface area contributed by atoms with Gasteiger partial charge >= 0.3 is 5.97 Å². The molecule has 3 atom stereocenters. The van der Waals surface area contributed by atoms with Gasteiger partial charge in [-0.25, -0.2) is 0 Å². The number of hydrogen-bond acceptors (Lipinski definition) is 4. The van der Waals surface area contributed by atoms with Crippen molar-refractivity contribution < 1.29 is 14.6 Å². The summed E-state index contributed by atoms with van der Waals surface area (Å²) >= 11 is 0. The molecule has 0 amide bonds. The van der Waals surface area contributed by atoms with E-state index in [0.29, 0.717) is 6.42 Å². The zero-order valence-electron chi connectivity index (χ0n) is 7.19. The minimum Gasteiger partial charge on any atom is -0.468 e. The highest BCUT2D eigenvalue weighted by Gasteiger charge is 2.32. The molecule has 0 radical (unpaired) electrons. The monoisotopic (exact) mass is 173 g/mol. The van der Waals surface area contributed by atoms with Crippen LogP contribution in [0, 0.1) is 5.92 Å². The zero-order valence-corrected chi connectivity index (χ0v) is 7.19. The van der Waals surface area contributed by atoms with Crippen LogP contribution in [0.4, 0.5) is 0 Å². The topological polar surface area (TPSA) is 72.5 Å². The van der Waals surface area contributed by atoms with Gasteiger partial charge in [0.25, 0.3) is 0 Å². The third-order valence-corrected chi connectivity index (χ3v) is 2.43. The highest BCUT2D eigenvalue weighted by atomic mass is 16.5. The number of aliphatic hydroxyl groups is 1. The molecule has 1 saturated carbocycles. The smallest absolute Gasteiger partial charge is 0.322 e. The third-order valence-electron chi connectivity index (χ3n) is 2.43. The fourth-order valence-corrected chi connectivity index (χ4v) is 1.65. The summed E-state index contributed by atoms with van der Waals surface area (Å²) in [6.45, 7) is 0. The van der Waals surface area contributed by atoms with E-state index in [0.717, 1.165) is 12.8 Å². The molecule has 1 rings (SSSR count). The van der Waals surface area contributed by atoms with Gasteiger partial charge in [-0.2, -0.15) is 0 Å². The quantitative estimate of drug-likeness (QED) is 0.560. The Morgan fingerprint density at radius 3 is 2.75 bits per heavy atom. The van der Waals surface area contributed by atoms with E-state index >= 15 is 0 Å². The molecule has 0 aromatic rings. The van der Waals surface area contributed by atoms with Gasteiger partial charge < -0.3 is 15.6 Å². The first-order valence-corrected chi connectivity index (χ1v) is 4.16. The van der Waals surface area contributed by atoms with Crippen LogP contribution in [0.5, 0.6) is 0 Å². The van der Waals surface area contributed by atoms with Gasteiger partial charge in [0.1, 0.15) is 6.04 Å². The van der Waals surface area contributed by atoms with Crippen LogP contribution in [0.1, 0.15) is 19.3 Å². The number of nitrogens with two attached hydrogens (primary N) is 1. The fraction of sp³-hybridized carbons (Fsp3) is 0.875. The molecule has 0 aromatic carbocycles. The molecule has 3 unspecified atom stereocenters. The predicted molar refractivity (Wildman–Crippen MR) is 43.3 cm³/mol. The number of methoxy groups -OCH3 is 1. The van der Waals surface area contributed by atoms with E-state index in [1.54, 1.807) is 0 Å². The van der Waals surface area contributed by atoms with Crippen LogP contribution < -0.4 is 5.73 Å². The summed E-state index contributed by atoms with van der Waals surface area (Å²) in [7, 11) is 1.33. The van der Waals surface area contributed by atoms with E-state index in [1.165, 1.54) is 7.11 Å². The second kappa shape index (κ2) is 3.87. The van der Waals surface area contributed by atoms with Gasteiger partial charge in [0.05, 0.1) is 13.2 Å². The van der Waals surface area contributed by atoms with Crippen molar-refractivity contribution in [2.45, 2.75) is 31.4 Å². The molecule has 1 aliphatic rings. The van der Waals surface area contributed by atoms with E-state index in [1.807, 2.05) is 0 Å². The van der Waals surface area contributed by atoms with Crippen molar-refractivity contribution in [3.8, 4) is 0 Å². The van der Waals surface area contributed by atoms with Crippen LogP contribution in [0.2, 0.25) is 0 Å². The van der Waals surface area contributed by atoms with Crippen LogP contribution in [0.15, 0.2) is 0 Å². The lowest BCUT2D eigenvalue weighted by Gasteiger charge is -2.15. The molecule has 0 spiro atoms. The van der Waals surface area contributed by atoms with Crippen molar-refractivity contribution in [3.05, 3.63) is 0 Å². The molecular formula is C8H15NO3. The number of esters is 1. The number of carbonyl (C=O) groups excluding carboxylic acids is 1. The minimum absolute atomic E-state index is 0.0902. The second-order valence-corrected chi connectivity index (χ2v) is 3.28. The van der Waals surface area contributed by atoms with Gasteiger partial charge in [-0.15, -0.1) is 0 Å². The Morgan fingerprint density at radius 1 is 1.67 bits per heavy atom. The summed E-state index contributed by atoms with van der Waals surface area (Å²) in [6, 6.07) is -0.563. The molecule has 4 heteroatoms. The van der Waals surface area contributed by atoms with Gasteiger partial charge in [-0.05, 0) is 25.2 Å². The Labute approximate surface area is 71.7 Å². The van der Waals surface area contributed by atoms with E-state index in [4.69, 9.17) is 5.73 Å². The summed E-state index contributed by atoms with van der Waals surface area (Å²) in [6.07, 6.45) is 1.90. The maximum atomic E-state index is 11.0. The Morgan fingerprint density at radius 2 is 2.33 bits per heavy atom. The molecule has 0 saturated heterocycles.